The Bertz CT molecular complexity index is 358. The molecule has 0 amide bonds. The zero-order valence-electron chi connectivity index (χ0n) is 8.58. The lowest BCUT2D eigenvalue weighted by atomic mass is 9.84. The van der Waals surface area contributed by atoms with Crippen molar-refractivity contribution in [3.63, 3.8) is 0 Å². The van der Waals surface area contributed by atoms with Gasteiger partial charge in [-0.3, -0.25) is 9.78 Å². The highest BCUT2D eigenvalue weighted by Gasteiger charge is 2.23. The molecule has 1 saturated carbocycles. The third-order valence-corrected chi connectivity index (χ3v) is 3.32. The van der Waals surface area contributed by atoms with Crippen LogP contribution in [0, 0.1) is 5.92 Å². The maximum atomic E-state index is 12.1. The van der Waals surface area contributed by atoms with Crippen LogP contribution in [0.3, 0.4) is 0 Å². The molecule has 1 aliphatic rings. The van der Waals surface area contributed by atoms with E-state index >= 15 is 0 Å². The molecule has 0 atom stereocenters. The van der Waals surface area contributed by atoms with Crippen LogP contribution in [0.25, 0.3) is 0 Å². The monoisotopic (exact) mass is 223 g/mol. The first kappa shape index (κ1) is 10.6. The van der Waals surface area contributed by atoms with Crippen molar-refractivity contribution in [3.8, 4) is 0 Å². The molecule has 0 radical (unpaired) electrons. The highest BCUT2D eigenvalue weighted by atomic mass is 35.5. The van der Waals surface area contributed by atoms with Gasteiger partial charge >= 0.3 is 0 Å². The van der Waals surface area contributed by atoms with Crippen molar-refractivity contribution in [2.75, 3.05) is 0 Å². The van der Waals surface area contributed by atoms with E-state index in [0.29, 0.717) is 10.6 Å². The van der Waals surface area contributed by atoms with Crippen molar-refractivity contribution in [1.29, 1.82) is 0 Å². The van der Waals surface area contributed by atoms with Gasteiger partial charge in [0.1, 0.15) is 0 Å². The van der Waals surface area contributed by atoms with Crippen LogP contribution in [0.5, 0.6) is 0 Å². The third kappa shape index (κ3) is 2.37. The summed E-state index contributed by atoms with van der Waals surface area (Å²) in [5.74, 6) is 0.376. The average molecular weight is 224 g/mol. The van der Waals surface area contributed by atoms with Crippen molar-refractivity contribution in [1.82, 2.24) is 4.98 Å². The predicted octanol–water partition coefficient (Wildman–Crippen LogP) is 3.50. The Hall–Kier alpha value is -0.890. The second kappa shape index (κ2) is 4.75. The van der Waals surface area contributed by atoms with Gasteiger partial charge < -0.3 is 0 Å². The van der Waals surface area contributed by atoms with Gasteiger partial charge in [0.05, 0.1) is 5.02 Å². The molecule has 0 spiro atoms. The third-order valence-electron chi connectivity index (χ3n) is 3.01. The van der Waals surface area contributed by atoms with E-state index in [1.165, 1.54) is 25.5 Å². The van der Waals surface area contributed by atoms with Crippen LogP contribution in [0.15, 0.2) is 18.5 Å². The fraction of sp³-hybridized carbons (Fsp3) is 0.500. The van der Waals surface area contributed by atoms with Crippen molar-refractivity contribution in [3.05, 3.63) is 29.0 Å². The summed E-state index contributed by atoms with van der Waals surface area (Å²) in [6.07, 6.45) is 8.78. The number of carbonyl (C=O) groups excluding carboxylic acids is 1. The highest BCUT2D eigenvalue weighted by Crippen LogP contribution is 2.28. The lowest BCUT2D eigenvalue weighted by Crippen LogP contribution is -2.18. The average Bonchev–Trinajstić information content (AvgIpc) is 2.30. The summed E-state index contributed by atoms with van der Waals surface area (Å²) in [5, 5.41) is 0.480. The van der Waals surface area contributed by atoms with Gasteiger partial charge in [0.25, 0.3) is 0 Å². The number of Topliss-reactive ketones (excluding diaryl/α,β-unsaturated/α-hetero) is 1. The molecule has 1 heterocycles. The number of pyridine rings is 1. The van der Waals surface area contributed by atoms with Gasteiger partial charge in [-0.2, -0.15) is 0 Å². The summed E-state index contributed by atoms with van der Waals surface area (Å²) in [6.45, 7) is 0. The van der Waals surface area contributed by atoms with E-state index in [9.17, 15) is 4.79 Å². The molecule has 1 aliphatic carbocycles. The largest absolute Gasteiger partial charge is 0.294 e. The number of halogens is 1. The predicted molar refractivity (Wildman–Crippen MR) is 60.2 cm³/mol. The van der Waals surface area contributed by atoms with E-state index in [-0.39, 0.29) is 11.7 Å². The number of ketones is 1. The Kier molecular flexibility index (Phi) is 3.37. The molecule has 0 aliphatic heterocycles. The van der Waals surface area contributed by atoms with E-state index in [1.807, 2.05) is 0 Å². The minimum Gasteiger partial charge on any atom is -0.294 e. The van der Waals surface area contributed by atoms with Crippen LogP contribution >= 0.6 is 11.6 Å². The van der Waals surface area contributed by atoms with E-state index in [4.69, 9.17) is 11.6 Å². The van der Waals surface area contributed by atoms with Gasteiger partial charge in [-0.1, -0.05) is 30.9 Å². The van der Waals surface area contributed by atoms with Crippen LogP contribution in [0.4, 0.5) is 0 Å². The molecular weight excluding hydrogens is 210 g/mol. The highest BCUT2D eigenvalue weighted by molar-refractivity contribution is 6.33. The molecule has 0 bridgehead atoms. The van der Waals surface area contributed by atoms with E-state index in [0.717, 1.165) is 12.8 Å². The SMILES string of the molecule is O=C(c1ccncc1Cl)C1CCCCC1. The Morgan fingerprint density at radius 2 is 2.07 bits per heavy atom. The Balaban J connectivity index is 2.16. The zero-order valence-corrected chi connectivity index (χ0v) is 9.33. The van der Waals surface area contributed by atoms with E-state index < -0.39 is 0 Å². The van der Waals surface area contributed by atoms with Crippen LogP contribution in [0.2, 0.25) is 5.02 Å². The molecule has 1 aromatic rings. The topological polar surface area (TPSA) is 30.0 Å². The second-order valence-corrected chi connectivity index (χ2v) is 4.46. The molecule has 3 heteroatoms. The molecule has 1 fully saturated rings. The molecule has 15 heavy (non-hydrogen) atoms. The van der Waals surface area contributed by atoms with Crippen LogP contribution < -0.4 is 0 Å². The molecule has 2 rings (SSSR count). The number of rotatable bonds is 2. The normalized spacial score (nSPS) is 17.7. The van der Waals surface area contributed by atoms with Crippen LogP contribution in [0.1, 0.15) is 42.5 Å². The fourth-order valence-electron chi connectivity index (χ4n) is 2.16. The lowest BCUT2D eigenvalue weighted by Gasteiger charge is -2.20. The molecule has 0 unspecified atom stereocenters. The smallest absolute Gasteiger partial charge is 0.167 e. The van der Waals surface area contributed by atoms with Crippen molar-refractivity contribution in [2.24, 2.45) is 5.92 Å². The fourth-order valence-corrected chi connectivity index (χ4v) is 2.37. The minimum atomic E-state index is 0.179. The summed E-state index contributed by atoms with van der Waals surface area (Å²) in [4.78, 5) is 16.0. The van der Waals surface area contributed by atoms with Crippen molar-refractivity contribution in [2.45, 2.75) is 32.1 Å². The summed E-state index contributed by atoms with van der Waals surface area (Å²) in [5.41, 5.74) is 0.638. The van der Waals surface area contributed by atoms with Crippen molar-refractivity contribution >= 4 is 17.4 Å². The molecule has 0 aromatic carbocycles. The first-order chi connectivity index (χ1) is 7.29. The molecular formula is C12H14ClNO. The Morgan fingerprint density at radius 1 is 1.33 bits per heavy atom. The first-order valence-corrected chi connectivity index (χ1v) is 5.80. The van der Waals surface area contributed by atoms with Gasteiger partial charge in [0.15, 0.2) is 5.78 Å². The second-order valence-electron chi connectivity index (χ2n) is 4.05. The van der Waals surface area contributed by atoms with Gasteiger partial charge in [-0.25, -0.2) is 0 Å². The molecule has 2 nitrogen and oxygen atoms in total. The maximum absolute atomic E-state index is 12.1. The summed E-state index contributed by atoms with van der Waals surface area (Å²) in [7, 11) is 0. The molecule has 0 N–H and O–H groups in total. The minimum absolute atomic E-state index is 0.179. The number of hydrogen-bond acceptors (Lipinski definition) is 2. The van der Waals surface area contributed by atoms with Gasteiger partial charge in [-0.15, -0.1) is 0 Å². The zero-order chi connectivity index (χ0) is 10.7. The lowest BCUT2D eigenvalue weighted by molar-refractivity contribution is 0.0889. The number of carbonyl (C=O) groups is 1. The number of hydrogen-bond donors (Lipinski definition) is 0. The number of nitrogens with zero attached hydrogens (tertiary/aromatic N) is 1. The van der Waals surface area contributed by atoms with Gasteiger partial charge in [0.2, 0.25) is 0 Å². The summed E-state index contributed by atoms with van der Waals surface area (Å²) >= 11 is 5.95. The van der Waals surface area contributed by atoms with Crippen LogP contribution in [-0.2, 0) is 0 Å². The Morgan fingerprint density at radius 3 is 2.73 bits per heavy atom. The van der Waals surface area contributed by atoms with Crippen molar-refractivity contribution < 1.29 is 4.79 Å². The van der Waals surface area contributed by atoms with Gasteiger partial charge in [0, 0.05) is 23.9 Å². The maximum Gasteiger partial charge on any atom is 0.167 e. The van der Waals surface area contributed by atoms with E-state index in [2.05, 4.69) is 4.98 Å². The standard InChI is InChI=1S/C12H14ClNO/c13-11-8-14-7-6-10(11)12(15)9-4-2-1-3-5-9/h6-9H,1-5H2. The first-order valence-electron chi connectivity index (χ1n) is 5.43. The van der Waals surface area contributed by atoms with Gasteiger partial charge in [-0.05, 0) is 18.9 Å². The molecule has 1 aromatic heterocycles. The molecule has 0 saturated heterocycles. The number of aromatic nitrogens is 1. The molecule has 80 valence electrons. The summed E-state index contributed by atoms with van der Waals surface area (Å²) in [6, 6.07) is 1.72. The van der Waals surface area contributed by atoms with Crippen LogP contribution in [-0.4, -0.2) is 10.8 Å². The Labute approximate surface area is 94.7 Å². The van der Waals surface area contributed by atoms with E-state index in [1.54, 1.807) is 12.3 Å². The summed E-state index contributed by atoms with van der Waals surface area (Å²) < 4.78 is 0. The quantitative estimate of drug-likeness (QED) is 0.719.